The second-order valence-corrected chi connectivity index (χ2v) is 8.00. The van der Waals surface area contributed by atoms with Gasteiger partial charge < -0.3 is 9.32 Å². The largest absolute Gasteiger partial charge is 0.468 e. The number of nitrogens with zero attached hydrogens (tertiary/aromatic N) is 1. The fourth-order valence-corrected chi connectivity index (χ4v) is 4.75. The zero-order valence-corrected chi connectivity index (χ0v) is 14.9. The summed E-state index contributed by atoms with van der Waals surface area (Å²) < 4.78 is 5.53. The average Bonchev–Trinajstić information content (AvgIpc) is 3.00. The van der Waals surface area contributed by atoms with Gasteiger partial charge >= 0.3 is 0 Å². The van der Waals surface area contributed by atoms with Crippen molar-refractivity contribution in [3.8, 4) is 0 Å². The van der Waals surface area contributed by atoms with Crippen LogP contribution in [-0.4, -0.2) is 35.4 Å². The van der Waals surface area contributed by atoms with Gasteiger partial charge in [-0.15, -0.1) is 23.5 Å². The molecule has 23 heavy (non-hydrogen) atoms. The molecule has 1 aliphatic heterocycles. The van der Waals surface area contributed by atoms with Crippen LogP contribution in [0, 0.1) is 0 Å². The summed E-state index contributed by atoms with van der Waals surface area (Å²) in [5, 5.41) is 0.350. The van der Waals surface area contributed by atoms with Crippen LogP contribution in [0.4, 0.5) is 0 Å². The van der Waals surface area contributed by atoms with Crippen molar-refractivity contribution in [3.63, 3.8) is 0 Å². The lowest BCUT2D eigenvalue weighted by molar-refractivity contribution is 0.0762. The zero-order chi connectivity index (χ0) is 16.1. The molecule has 1 atom stereocenters. The molecule has 0 spiro atoms. The number of furan rings is 1. The Labute approximate surface area is 145 Å². The van der Waals surface area contributed by atoms with Gasteiger partial charge in [0.05, 0.1) is 17.1 Å². The average molecular weight is 348 g/mol. The van der Waals surface area contributed by atoms with E-state index < -0.39 is 0 Å². The Balaban J connectivity index is 1.71. The van der Waals surface area contributed by atoms with Gasteiger partial charge in [-0.3, -0.25) is 4.79 Å². The first-order valence-electron chi connectivity index (χ1n) is 7.95. The standard InChI is InChI=1S/C18H21NO2S2/c1-2-22-16-8-4-3-6-14(16)18(20)19-10-9-17(23-13-11-19)15-7-5-12-21-15/h3-8,12,17H,2,9-11,13H2,1H3/t17-/m1/s1. The van der Waals surface area contributed by atoms with Gasteiger partial charge in [-0.05, 0) is 36.4 Å². The molecule has 1 fully saturated rings. The second-order valence-electron chi connectivity index (χ2n) is 5.38. The fourth-order valence-electron chi connectivity index (χ4n) is 2.77. The molecule has 1 aliphatic rings. The number of benzene rings is 1. The van der Waals surface area contributed by atoms with Gasteiger partial charge in [-0.1, -0.05) is 19.1 Å². The lowest BCUT2D eigenvalue weighted by Crippen LogP contribution is -2.33. The van der Waals surface area contributed by atoms with Crippen LogP contribution >= 0.6 is 23.5 Å². The van der Waals surface area contributed by atoms with Crippen LogP contribution in [0.5, 0.6) is 0 Å². The summed E-state index contributed by atoms with van der Waals surface area (Å²) >= 11 is 3.61. The molecule has 0 radical (unpaired) electrons. The monoisotopic (exact) mass is 347 g/mol. The van der Waals surface area contributed by atoms with Crippen molar-refractivity contribution in [2.45, 2.75) is 23.5 Å². The van der Waals surface area contributed by atoms with E-state index in [9.17, 15) is 4.79 Å². The first-order valence-corrected chi connectivity index (χ1v) is 9.99. The molecule has 1 aromatic heterocycles. The minimum atomic E-state index is 0.155. The predicted molar refractivity (Wildman–Crippen MR) is 97.3 cm³/mol. The number of hydrogen-bond acceptors (Lipinski definition) is 4. The highest BCUT2D eigenvalue weighted by molar-refractivity contribution is 7.99. The van der Waals surface area contributed by atoms with E-state index >= 15 is 0 Å². The summed E-state index contributed by atoms with van der Waals surface area (Å²) in [5.41, 5.74) is 0.834. The molecule has 0 N–H and O–H groups in total. The summed E-state index contributed by atoms with van der Waals surface area (Å²) in [7, 11) is 0. The number of amides is 1. The van der Waals surface area contributed by atoms with Crippen molar-refractivity contribution in [1.29, 1.82) is 0 Å². The lowest BCUT2D eigenvalue weighted by Gasteiger charge is -2.21. The topological polar surface area (TPSA) is 33.5 Å². The molecule has 3 rings (SSSR count). The molecule has 1 saturated heterocycles. The van der Waals surface area contributed by atoms with Gasteiger partial charge in [0.25, 0.3) is 5.91 Å². The van der Waals surface area contributed by atoms with E-state index in [0.29, 0.717) is 5.25 Å². The summed E-state index contributed by atoms with van der Waals surface area (Å²) in [6, 6.07) is 11.9. The molecule has 5 heteroatoms. The van der Waals surface area contributed by atoms with Crippen LogP contribution in [-0.2, 0) is 0 Å². The summed E-state index contributed by atoms with van der Waals surface area (Å²) in [5.74, 6) is 3.09. The fraction of sp³-hybridized carbons (Fsp3) is 0.389. The Bertz CT molecular complexity index is 642. The molecule has 0 saturated carbocycles. The van der Waals surface area contributed by atoms with Crippen molar-refractivity contribution in [1.82, 2.24) is 4.90 Å². The number of carbonyl (C=O) groups excluding carboxylic acids is 1. The van der Waals surface area contributed by atoms with E-state index in [2.05, 4.69) is 6.92 Å². The molecule has 2 aromatic rings. The maximum absolute atomic E-state index is 12.9. The Kier molecular flexibility index (Phi) is 5.73. The Hall–Kier alpha value is -1.33. The van der Waals surface area contributed by atoms with Gasteiger partial charge in [-0.2, -0.15) is 0 Å². The van der Waals surface area contributed by atoms with E-state index in [4.69, 9.17) is 4.42 Å². The van der Waals surface area contributed by atoms with Crippen LogP contribution in [0.3, 0.4) is 0 Å². The molecule has 1 amide bonds. The summed E-state index contributed by atoms with van der Waals surface area (Å²) in [6.07, 6.45) is 2.66. The minimum absolute atomic E-state index is 0.155. The Morgan fingerprint density at radius 3 is 2.96 bits per heavy atom. The van der Waals surface area contributed by atoms with Crippen LogP contribution < -0.4 is 0 Å². The second kappa shape index (κ2) is 7.97. The molecule has 1 aromatic carbocycles. The van der Waals surface area contributed by atoms with Crippen LogP contribution in [0.25, 0.3) is 0 Å². The molecule has 3 nitrogen and oxygen atoms in total. The van der Waals surface area contributed by atoms with Crippen molar-refractivity contribution < 1.29 is 9.21 Å². The predicted octanol–water partition coefficient (Wildman–Crippen LogP) is 4.71. The SMILES string of the molecule is CCSc1ccccc1C(=O)N1CCS[C@@H](c2ccco2)CC1. The van der Waals surface area contributed by atoms with E-state index in [1.54, 1.807) is 18.0 Å². The highest BCUT2D eigenvalue weighted by Crippen LogP contribution is 2.35. The van der Waals surface area contributed by atoms with Gasteiger partial charge in [-0.25, -0.2) is 0 Å². The first-order chi connectivity index (χ1) is 11.3. The highest BCUT2D eigenvalue weighted by Gasteiger charge is 2.25. The molecule has 122 valence electrons. The third-order valence-electron chi connectivity index (χ3n) is 3.91. The van der Waals surface area contributed by atoms with Crippen molar-refractivity contribution in [3.05, 3.63) is 54.0 Å². The third-order valence-corrected chi connectivity index (χ3v) is 6.15. The Morgan fingerprint density at radius 2 is 2.17 bits per heavy atom. The van der Waals surface area contributed by atoms with E-state index in [0.717, 1.165) is 47.2 Å². The van der Waals surface area contributed by atoms with Crippen molar-refractivity contribution in [2.24, 2.45) is 0 Å². The molecule has 2 heterocycles. The van der Waals surface area contributed by atoms with Gasteiger partial charge in [0.1, 0.15) is 5.76 Å². The quantitative estimate of drug-likeness (QED) is 0.750. The zero-order valence-electron chi connectivity index (χ0n) is 13.2. The maximum Gasteiger partial charge on any atom is 0.255 e. The number of thioether (sulfide) groups is 2. The number of carbonyl (C=O) groups is 1. The number of rotatable bonds is 4. The maximum atomic E-state index is 12.9. The van der Waals surface area contributed by atoms with E-state index in [1.807, 2.05) is 53.1 Å². The molecular formula is C18H21NO2S2. The van der Waals surface area contributed by atoms with Crippen molar-refractivity contribution >= 4 is 29.4 Å². The molecular weight excluding hydrogens is 326 g/mol. The van der Waals surface area contributed by atoms with Gasteiger partial charge in [0, 0.05) is 23.7 Å². The van der Waals surface area contributed by atoms with E-state index in [-0.39, 0.29) is 5.91 Å². The van der Waals surface area contributed by atoms with E-state index in [1.165, 1.54) is 0 Å². The highest BCUT2D eigenvalue weighted by atomic mass is 32.2. The smallest absolute Gasteiger partial charge is 0.255 e. The lowest BCUT2D eigenvalue weighted by atomic mass is 10.1. The summed E-state index contributed by atoms with van der Waals surface area (Å²) in [4.78, 5) is 16.0. The van der Waals surface area contributed by atoms with Crippen LogP contribution in [0.1, 0.15) is 34.7 Å². The minimum Gasteiger partial charge on any atom is -0.468 e. The molecule has 0 bridgehead atoms. The van der Waals surface area contributed by atoms with Gasteiger partial charge in [0.2, 0.25) is 0 Å². The number of hydrogen-bond donors (Lipinski definition) is 0. The van der Waals surface area contributed by atoms with Crippen molar-refractivity contribution in [2.75, 3.05) is 24.6 Å². The first kappa shape index (κ1) is 16.5. The van der Waals surface area contributed by atoms with Crippen LogP contribution in [0.2, 0.25) is 0 Å². The Morgan fingerprint density at radius 1 is 1.30 bits per heavy atom. The van der Waals surface area contributed by atoms with Crippen LogP contribution in [0.15, 0.2) is 52.0 Å². The molecule has 0 aliphatic carbocycles. The van der Waals surface area contributed by atoms with Gasteiger partial charge in [0.15, 0.2) is 0 Å². The summed E-state index contributed by atoms with van der Waals surface area (Å²) in [6.45, 7) is 3.69. The molecule has 0 unspecified atom stereocenters. The normalized spacial score (nSPS) is 18.7. The third kappa shape index (κ3) is 3.96.